The van der Waals surface area contributed by atoms with Gasteiger partial charge in [-0.1, -0.05) is 12.1 Å². The molecule has 2 aliphatic heterocycles. The number of rotatable bonds is 3. The highest BCUT2D eigenvalue weighted by Gasteiger charge is 2.32. The second-order valence-electron chi connectivity index (χ2n) is 7.60. The fraction of sp³-hybridized carbons (Fsp3) is 0.318. The van der Waals surface area contributed by atoms with Gasteiger partial charge < -0.3 is 4.90 Å². The van der Waals surface area contributed by atoms with Gasteiger partial charge in [-0.05, 0) is 66.8 Å². The predicted octanol–water partition coefficient (Wildman–Crippen LogP) is 4.24. The van der Waals surface area contributed by atoms with Crippen molar-refractivity contribution in [3.63, 3.8) is 0 Å². The number of fused-ring (bicyclic) bond motifs is 1. The molecule has 0 unspecified atom stereocenters. The first-order valence-electron chi connectivity index (χ1n) is 9.95. The van der Waals surface area contributed by atoms with Crippen LogP contribution in [0.4, 0.5) is 24.5 Å². The highest BCUT2D eigenvalue weighted by atomic mass is 32.2. The van der Waals surface area contributed by atoms with E-state index in [-0.39, 0.29) is 11.7 Å². The molecule has 0 aliphatic carbocycles. The van der Waals surface area contributed by atoms with Crippen LogP contribution < -0.4 is 9.21 Å². The number of amides is 1. The number of carbonyl (C=O) groups excluding carboxylic acids is 1. The number of nitrogens with zero attached hydrogens (tertiary/aromatic N) is 2. The lowest BCUT2D eigenvalue weighted by atomic mass is 9.99. The Bertz CT molecular complexity index is 1130. The van der Waals surface area contributed by atoms with Crippen molar-refractivity contribution in [3.05, 3.63) is 65.2 Å². The molecule has 31 heavy (non-hydrogen) atoms. The number of sulfonamides is 1. The van der Waals surface area contributed by atoms with E-state index >= 15 is 0 Å². The van der Waals surface area contributed by atoms with E-state index in [9.17, 15) is 26.4 Å². The summed E-state index contributed by atoms with van der Waals surface area (Å²) in [5, 5.41) is 0. The van der Waals surface area contributed by atoms with Crippen LogP contribution in [0, 0.1) is 0 Å². The summed E-state index contributed by atoms with van der Waals surface area (Å²) in [6.07, 6.45) is 0.264. The quantitative estimate of drug-likeness (QED) is 0.658. The van der Waals surface area contributed by atoms with E-state index in [4.69, 9.17) is 0 Å². The molecule has 0 N–H and O–H groups in total. The van der Waals surface area contributed by atoms with E-state index in [1.165, 1.54) is 21.3 Å². The minimum Gasteiger partial charge on any atom is -0.309 e. The van der Waals surface area contributed by atoms with Crippen LogP contribution in [0.5, 0.6) is 0 Å². The minimum absolute atomic E-state index is 0.144. The highest BCUT2D eigenvalue weighted by molar-refractivity contribution is 7.93. The van der Waals surface area contributed by atoms with E-state index in [0.29, 0.717) is 49.3 Å². The van der Waals surface area contributed by atoms with E-state index in [2.05, 4.69) is 0 Å². The van der Waals surface area contributed by atoms with Crippen LogP contribution in [0.1, 0.15) is 29.5 Å². The van der Waals surface area contributed by atoms with E-state index < -0.39 is 21.8 Å². The standard InChI is InChI=1S/C22H21F3N2O3S/c23-22(24,25)18-7-10-20-17(15-18)3-1-12-26(20)21(28)11-6-16-4-8-19(9-5-16)27-13-2-14-31(27,29)30/h4-11,15H,1-3,12-14H2/b11-6+. The molecule has 0 aromatic heterocycles. The van der Waals surface area contributed by atoms with Crippen molar-refractivity contribution in [2.45, 2.75) is 25.4 Å². The molecule has 0 atom stereocenters. The van der Waals surface area contributed by atoms with Gasteiger partial charge in [0, 0.05) is 24.9 Å². The molecule has 164 valence electrons. The summed E-state index contributed by atoms with van der Waals surface area (Å²) in [6.45, 7) is 0.897. The molecule has 0 bridgehead atoms. The van der Waals surface area contributed by atoms with Gasteiger partial charge in [-0.3, -0.25) is 9.10 Å². The fourth-order valence-corrected chi connectivity index (χ4v) is 5.51. The molecule has 0 saturated carbocycles. The van der Waals surface area contributed by atoms with Crippen LogP contribution >= 0.6 is 0 Å². The van der Waals surface area contributed by atoms with Crippen LogP contribution in [0.2, 0.25) is 0 Å². The van der Waals surface area contributed by atoms with Gasteiger partial charge in [-0.2, -0.15) is 13.2 Å². The van der Waals surface area contributed by atoms with Crippen molar-refractivity contribution in [2.75, 3.05) is 28.0 Å². The average Bonchev–Trinajstić information content (AvgIpc) is 3.09. The Kier molecular flexibility index (Phi) is 5.55. The Morgan fingerprint density at radius 1 is 1.00 bits per heavy atom. The number of benzene rings is 2. The van der Waals surface area contributed by atoms with Crippen LogP contribution in [0.3, 0.4) is 0 Å². The topological polar surface area (TPSA) is 57.7 Å². The molecule has 1 fully saturated rings. The Labute approximate surface area is 178 Å². The summed E-state index contributed by atoms with van der Waals surface area (Å²) in [6, 6.07) is 10.3. The Hall–Kier alpha value is -2.81. The molecular formula is C22H21F3N2O3S. The predicted molar refractivity (Wildman–Crippen MR) is 113 cm³/mol. The van der Waals surface area contributed by atoms with Gasteiger partial charge >= 0.3 is 6.18 Å². The van der Waals surface area contributed by atoms with Gasteiger partial charge in [0.25, 0.3) is 5.91 Å². The molecule has 9 heteroatoms. The van der Waals surface area contributed by atoms with E-state index in [1.807, 2.05) is 0 Å². The van der Waals surface area contributed by atoms with Crippen molar-refractivity contribution in [1.82, 2.24) is 0 Å². The van der Waals surface area contributed by atoms with Crippen molar-refractivity contribution in [3.8, 4) is 0 Å². The van der Waals surface area contributed by atoms with Gasteiger partial charge in [-0.15, -0.1) is 0 Å². The summed E-state index contributed by atoms with van der Waals surface area (Å²) in [4.78, 5) is 14.2. The fourth-order valence-electron chi connectivity index (χ4n) is 3.94. The van der Waals surface area contributed by atoms with Gasteiger partial charge in [0.15, 0.2) is 0 Å². The second-order valence-corrected chi connectivity index (χ2v) is 9.61. The lowest BCUT2D eigenvalue weighted by Gasteiger charge is -2.29. The van der Waals surface area contributed by atoms with Gasteiger partial charge in [-0.25, -0.2) is 8.42 Å². The number of hydrogen-bond acceptors (Lipinski definition) is 3. The van der Waals surface area contributed by atoms with Crippen molar-refractivity contribution in [2.24, 2.45) is 0 Å². The van der Waals surface area contributed by atoms with Crippen molar-refractivity contribution in [1.29, 1.82) is 0 Å². The molecule has 5 nitrogen and oxygen atoms in total. The lowest BCUT2D eigenvalue weighted by Crippen LogP contribution is -2.34. The second kappa shape index (κ2) is 8.03. The molecule has 1 saturated heterocycles. The van der Waals surface area contributed by atoms with Crippen LogP contribution in [-0.4, -0.2) is 33.2 Å². The Balaban J connectivity index is 1.49. The summed E-state index contributed by atoms with van der Waals surface area (Å²) in [5.41, 5.74) is 1.61. The largest absolute Gasteiger partial charge is 0.416 e. The lowest BCUT2D eigenvalue weighted by molar-refractivity contribution is -0.137. The smallest absolute Gasteiger partial charge is 0.309 e. The SMILES string of the molecule is O=C(/C=C/c1ccc(N2CCCS2(=O)=O)cc1)N1CCCc2cc(C(F)(F)F)ccc21. The maximum absolute atomic E-state index is 13.0. The van der Waals surface area contributed by atoms with Gasteiger partial charge in [0.2, 0.25) is 10.0 Å². The Morgan fingerprint density at radius 3 is 2.39 bits per heavy atom. The summed E-state index contributed by atoms with van der Waals surface area (Å²) in [7, 11) is -3.25. The zero-order valence-corrected chi connectivity index (χ0v) is 17.4. The number of alkyl halides is 3. The van der Waals surface area contributed by atoms with Gasteiger partial charge in [0.05, 0.1) is 17.0 Å². The first-order valence-corrected chi connectivity index (χ1v) is 11.6. The number of carbonyl (C=O) groups is 1. The zero-order chi connectivity index (χ0) is 22.2. The maximum atomic E-state index is 13.0. The maximum Gasteiger partial charge on any atom is 0.416 e. The van der Waals surface area contributed by atoms with Gasteiger partial charge in [0.1, 0.15) is 0 Å². The molecule has 2 aromatic rings. The number of aryl methyl sites for hydroxylation is 1. The van der Waals surface area contributed by atoms with Crippen molar-refractivity contribution >= 4 is 33.4 Å². The summed E-state index contributed by atoms with van der Waals surface area (Å²) in [5.74, 6) is -0.169. The Morgan fingerprint density at radius 2 is 1.74 bits per heavy atom. The molecule has 0 radical (unpaired) electrons. The number of anilines is 2. The normalized spacial score (nSPS) is 18.4. The average molecular weight is 450 g/mol. The molecule has 2 aliphatic rings. The van der Waals surface area contributed by atoms with Crippen LogP contribution in [0.25, 0.3) is 6.08 Å². The molecule has 2 heterocycles. The molecule has 0 spiro atoms. The molecule has 1 amide bonds. The molecule has 4 rings (SSSR count). The van der Waals surface area contributed by atoms with Crippen LogP contribution in [0.15, 0.2) is 48.5 Å². The molecular weight excluding hydrogens is 429 g/mol. The summed E-state index contributed by atoms with van der Waals surface area (Å²) >= 11 is 0. The number of halogens is 3. The first kappa shape index (κ1) is 21.4. The third-order valence-electron chi connectivity index (χ3n) is 5.49. The third kappa shape index (κ3) is 4.46. The summed E-state index contributed by atoms with van der Waals surface area (Å²) < 4.78 is 64.3. The van der Waals surface area contributed by atoms with Crippen molar-refractivity contribution < 1.29 is 26.4 Å². The number of hydrogen-bond donors (Lipinski definition) is 0. The molecule has 2 aromatic carbocycles. The highest BCUT2D eigenvalue weighted by Crippen LogP contribution is 2.35. The zero-order valence-electron chi connectivity index (χ0n) is 16.6. The van der Waals surface area contributed by atoms with E-state index in [0.717, 1.165) is 17.7 Å². The van der Waals surface area contributed by atoms with E-state index in [1.54, 1.807) is 30.3 Å². The first-order chi connectivity index (χ1) is 14.6. The minimum atomic E-state index is -4.41. The van der Waals surface area contributed by atoms with Crippen LogP contribution in [-0.2, 0) is 27.4 Å². The monoisotopic (exact) mass is 450 g/mol. The third-order valence-corrected chi connectivity index (χ3v) is 7.36.